The number of aryl methyl sites for hydroxylation is 1. The van der Waals surface area contributed by atoms with E-state index in [0.717, 1.165) is 25.0 Å². The van der Waals surface area contributed by atoms with E-state index in [9.17, 15) is 4.79 Å². The molecule has 1 atom stereocenters. The number of nitrogens with one attached hydrogen (secondary N) is 3. The minimum absolute atomic E-state index is 0.0849. The van der Waals surface area contributed by atoms with E-state index < -0.39 is 0 Å². The molecule has 2 amide bonds. The van der Waals surface area contributed by atoms with Gasteiger partial charge >= 0.3 is 6.03 Å². The van der Waals surface area contributed by atoms with Crippen molar-refractivity contribution in [3.05, 3.63) is 41.7 Å². The first kappa shape index (κ1) is 15.0. The molecule has 0 radical (unpaired) electrons. The Labute approximate surface area is 134 Å². The van der Waals surface area contributed by atoms with Gasteiger partial charge in [0.1, 0.15) is 12.4 Å². The Bertz CT molecular complexity index is 732. The van der Waals surface area contributed by atoms with Gasteiger partial charge in [0.25, 0.3) is 0 Å². The summed E-state index contributed by atoms with van der Waals surface area (Å²) in [6, 6.07) is 7.03. The molecule has 0 bridgehead atoms. The summed E-state index contributed by atoms with van der Waals surface area (Å²) in [5, 5.41) is 12.8. The van der Waals surface area contributed by atoms with E-state index in [1.807, 2.05) is 18.3 Å². The second-order valence-electron chi connectivity index (χ2n) is 5.40. The Morgan fingerprint density at radius 3 is 3.22 bits per heavy atom. The van der Waals surface area contributed by atoms with Crippen molar-refractivity contribution >= 4 is 11.7 Å². The first-order valence-electron chi connectivity index (χ1n) is 7.50. The fraction of sp³-hybridized carbons (Fsp3) is 0.294. The number of hydrogen-bond donors (Lipinski definition) is 3. The monoisotopic (exact) mass is 310 g/mol. The van der Waals surface area contributed by atoms with E-state index in [1.54, 1.807) is 12.1 Å². The average Bonchev–Trinajstić information content (AvgIpc) is 3.01. The highest BCUT2D eigenvalue weighted by molar-refractivity contribution is 5.91. The number of nitrogens with zero attached hydrogens (tertiary/aromatic N) is 1. The standard InChI is InChI=1S/C17H18N4O2/c1-2-9-23-16-6-4-3-5-14(16)20-17(22)19-13-8-7-12-11-18-21-15(12)10-13/h1,3-6,11,13H,7-10H2,(H,18,21)(H2,19,20,22)/t13-/m0/s1. The lowest BCUT2D eigenvalue weighted by molar-refractivity contribution is 0.247. The van der Waals surface area contributed by atoms with Gasteiger partial charge in [-0.2, -0.15) is 5.10 Å². The number of aromatic nitrogens is 2. The second kappa shape index (κ2) is 6.88. The lowest BCUT2D eigenvalue weighted by Gasteiger charge is -2.23. The van der Waals surface area contributed by atoms with Gasteiger partial charge in [-0.15, -0.1) is 6.42 Å². The van der Waals surface area contributed by atoms with Crippen LogP contribution in [-0.4, -0.2) is 28.9 Å². The third-order valence-electron chi connectivity index (χ3n) is 3.80. The number of carbonyl (C=O) groups excluding carboxylic acids is 1. The molecule has 6 heteroatoms. The largest absolute Gasteiger partial charge is 0.479 e. The number of anilines is 1. The molecule has 1 aromatic heterocycles. The van der Waals surface area contributed by atoms with E-state index in [1.165, 1.54) is 5.56 Å². The van der Waals surface area contributed by atoms with Crippen molar-refractivity contribution in [2.45, 2.75) is 25.3 Å². The minimum Gasteiger partial charge on any atom is -0.479 e. The summed E-state index contributed by atoms with van der Waals surface area (Å²) in [5.41, 5.74) is 2.93. The molecule has 0 saturated carbocycles. The Kier molecular flexibility index (Phi) is 4.48. The van der Waals surface area contributed by atoms with Crippen LogP contribution in [0.1, 0.15) is 17.7 Å². The molecule has 0 spiro atoms. The van der Waals surface area contributed by atoms with Crippen molar-refractivity contribution in [2.75, 3.05) is 11.9 Å². The normalized spacial score (nSPS) is 16.0. The Balaban J connectivity index is 1.59. The second-order valence-corrected chi connectivity index (χ2v) is 5.40. The summed E-state index contributed by atoms with van der Waals surface area (Å²) >= 11 is 0. The zero-order valence-corrected chi connectivity index (χ0v) is 12.6. The van der Waals surface area contributed by atoms with Crippen LogP contribution in [0.5, 0.6) is 5.75 Å². The number of benzene rings is 1. The first-order valence-corrected chi connectivity index (χ1v) is 7.50. The van der Waals surface area contributed by atoms with E-state index >= 15 is 0 Å². The number of amides is 2. The molecule has 118 valence electrons. The molecule has 3 N–H and O–H groups in total. The summed E-state index contributed by atoms with van der Waals surface area (Å²) in [6.45, 7) is 0.158. The van der Waals surface area contributed by atoms with Crippen molar-refractivity contribution in [2.24, 2.45) is 0 Å². The number of urea groups is 1. The highest BCUT2D eigenvalue weighted by Gasteiger charge is 2.21. The van der Waals surface area contributed by atoms with Crippen molar-refractivity contribution in [1.29, 1.82) is 0 Å². The molecule has 23 heavy (non-hydrogen) atoms. The van der Waals surface area contributed by atoms with Crippen LogP contribution in [0, 0.1) is 12.3 Å². The molecule has 6 nitrogen and oxygen atoms in total. The number of aromatic amines is 1. The maximum Gasteiger partial charge on any atom is 0.319 e. The summed E-state index contributed by atoms with van der Waals surface area (Å²) in [4.78, 5) is 12.2. The van der Waals surface area contributed by atoms with Gasteiger partial charge in [0.2, 0.25) is 0 Å². The van der Waals surface area contributed by atoms with Gasteiger partial charge in [-0.3, -0.25) is 5.10 Å². The number of carbonyl (C=O) groups is 1. The van der Waals surface area contributed by atoms with Crippen molar-refractivity contribution in [3.63, 3.8) is 0 Å². The predicted octanol–water partition coefficient (Wildman–Crippen LogP) is 2.10. The van der Waals surface area contributed by atoms with Crippen LogP contribution < -0.4 is 15.4 Å². The summed E-state index contributed by atoms with van der Waals surface area (Å²) in [6.07, 6.45) is 9.63. The van der Waals surface area contributed by atoms with Crippen molar-refractivity contribution in [1.82, 2.24) is 15.5 Å². The first-order chi connectivity index (χ1) is 11.3. The zero-order valence-electron chi connectivity index (χ0n) is 12.6. The Morgan fingerprint density at radius 2 is 2.35 bits per heavy atom. The average molecular weight is 310 g/mol. The third-order valence-corrected chi connectivity index (χ3v) is 3.80. The highest BCUT2D eigenvalue weighted by atomic mass is 16.5. The van der Waals surface area contributed by atoms with E-state index in [-0.39, 0.29) is 18.7 Å². The number of ether oxygens (including phenoxy) is 1. The number of hydrogen-bond acceptors (Lipinski definition) is 3. The third kappa shape index (κ3) is 3.64. The quantitative estimate of drug-likeness (QED) is 0.757. The molecule has 1 aliphatic rings. The van der Waals surface area contributed by atoms with Crippen LogP contribution >= 0.6 is 0 Å². The summed E-state index contributed by atoms with van der Waals surface area (Å²) < 4.78 is 5.42. The topological polar surface area (TPSA) is 79.0 Å². The molecular formula is C17H18N4O2. The van der Waals surface area contributed by atoms with E-state index in [2.05, 4.69) is 26.8 Å². The molecule has 0 saturated heterocycles. The summed E-state index contributed by atoms with van der Waals surface area (Å²) in [7, 11) is 0. The van der Waals surface area contributed by atoms with Gasteiger partial charge in [-0.25, -0.2) is 4.79 Å². The van der Waals surface area contributed by atoms with Crippen LogP contribution in [-0.2, 0) is 12.8 Å². The highest BCUT2D eigenvalue weighted by Crippen LogP contribution is 2.24. The van der Waals surface area contributed by atoms with Gasteiger partial charge < -0.3 is 15.4 Å². The maximum atomic E-state index is 12.2. The molecule has 0 aliphatic heterocycles. The van der Waals surface area contributed by atoms with Gasteiger partial charge in [0, 0.05) is 18.2 Å². The van der Waals surface area contributed by atoms with Gasteiger partial charge in [0.15, 0.2) is 0 Å². The van der Waals surface area contributed by atoms with Crippen LogP contribution in [0.4, 0.5) is 10.5 Å². The van der Waals surface area contributed by atoms with E-state index in [0.29, 0.717) is 11.4 Å². The van der Waals surface area contributed by atoms with Crippen LogP contribution in [0.15, 0.2) is 30.5 Å². The van der Waals surface area contributed by atoms with E-state index in [4.69, 9.17) is 11.2 Å². The molecular weight excluding hydrogens is 292 g/mol. The minimum atomic E-state index is -0.255. The fourth-order valence-corrected chi connectivity index (χ4v) is 2.69. The lowest BCUT2D eigenvalue weighted by atomic mass is 9.94. The van der Waals surface area contributed by atoms with Gasteiger partial charge in [0.05, 0.1) is 11.9 Å². The molecule has 1 aromatic carbocycles. The van der Waals surface area contributed by atoms with Gasteiger partial charge in [-0.05, 0) is 30.5 Å². The Hall–Kier alpha value is -2.94. The van der Waals surface area contributed by atoms with Crippen LogP contribution in [0.3, 0.4) is 0 Å². The molecule has 0 fully saturated rings. The van der Waals surface area contributed by atoms with Crippen molar-refractivity contribution < 1.29 is 9.53 Å². The number of H-pyrrole nitrogens is 1. The molecule has 1 heterocycles. The number of fused-ring (bicyclic) bond motifs is 1. The number of rotatable bonds is 4. The smallest absolute Gasteiger partial charge is 0.319 e. The molecule has 0 unspecified atom stereocenters. The zero-order chi connectivity index (χ0) is 16.1. The predicted molar refractivity (Wildman–Crippen MR) is 87.3 cm³/mol. The SMILES string of the molecule is C#CCOc1ccccc1NC(=O)N[C@H]1CCc2cn[nH]c2C1. The van der Waals surface area contributed by atoms with Crippen LogP contribution in [0.2, 0.25) is 0 Å². The van der Waals surface area contributed by atoms with Crippen molar-refractivity contribution in [3.8, 4) is 18.1 Å². The number of terminal acetylenes is 1. The van der Waals surface area contributed by atoms with Gasteiger partial charge in [-0.1, -0.05) is 18.1 Å². The Morgan fingerprint density at radius 1 is 1.48 bits per heavy atom. The fourth-order valence-electron chi connectivity index (χ4n) is 2.69. The summed E-state index contributed by atoms with van der Waals surface area (Å²) in [5.74, 6) is 2.96. The number of para-hydroxylation sites is 2. The van der Waals surface area contributed by atoms with Crippen LogP contribution in [0.25, 0.3) is 0 Å². The molecule has 3 rings (SSSR count). The lowest BCUT2D eigenvalue weighted by Crippen LogP contribution is -2.41. The molecule has 1 aliphatic carbocycles. The molecule has 2 aromatic rings. The maximum absolute atomic E-state index is 12.2.